The zero-order chi connectivity index (χ0) is 29.3. The maximum Gasteiger partial charge on any atom is 0.414 e. The van der Waals surface area contributed by atoms with Crippen LogP contribution in [-0.4, -0.2) is 51.9 Å². The summed E-state index contributed by atoms with van der Waals surface area (Å²) in [6.07, 6.45) is 0.711. The molecule has 0 radical (unpaired) electrons. The highest BCUT2D eigenvalue weighted by molar-refractivity contribution is 6.37. The molecule has 0 unspecified atom stereocenters. The zero-order valence-corrected chi connectivity index (χ0v) is 24.3. The summed E-state index contributed by atoms with van der Waals surface area (Å²) < 4.78 is 10.8. The highest BCUT2D eigenvalue weighted by atomic mass is 35.5. The first-order valence-electron chi connectivity index (χ1n) is 13.3. The molecule has 0 atom stereocenters. The Labute approximate surface area is 248 Å². The molecule has 3 aromatic rings. The number of allylic oxidation sites excluding steroid dienone is 1. The van der Waals surface area contributed by atoms with Crippen LogP contribution >= 0.6 is 23.2 Å². The van der Waals surface area contributed by atoms with Crippen molar-refractivity contribution in [3.8, 4) is 11.1 Å². The number of hydrogen-bond acceptors (Lipinski definition) is 6. The molecule has 1 aromatic heterocycles. The molecule has 41 heavy (non-hydrogen) atoms. The zero-order valence-electron chi connectivity index (χ0n) is 22.8. The fraction of sp³-hybridized carbons (Fsp3) is 0.290. The smallest absolute Gasteiger partial charge is 0.414 e. The number of aryl methyl sites for hydroxylation is 1. The van der Waals surface area contributed by atoms with Gasteiger partial charge in [0.2, 0.25) is 0 Å². The van der Waals surface area contributed by atoms with E-state index in [9.17, 15) is 14.4 Å². The molecule has 8 nitrogen and oxygen atoms in total. The Hall–Kier alpha value is -3.88. The average molecular weight is 594 g/mol. The van der Waals surface area contributed by atoms with E-state index in [1.165, 1.54) is 0 Å². The number of aromatic nitrogens is 1. The van der Waals surface area contributed by atoms with Crippen molar-refractivity contribution >= 4 is 41.2 Å². The number of piperidine rings is 1. The van der Waals surface area contributed by atoms with Gasteiger partial charge < -0.3 is 19.3 Å². The van der Waals surface area contributed by atoms with Gasteiger partial charge in [-0.25, -0.2) is 9.59 Å². The summed E-state index contributed by atoms with van der Waals surface area (Å²) in [4.78, 5) is 48.0. The van der Waals surface area contributed by atoms with Crippen molar-refractivity contribution in [1.29, 1.82) is 0 Å². The predicted octanol–water partition coefficient (Wildman–Crippen LogP) is 6.81. The number of rotatable bonds is 6. The van der Waals surface area contributed by atoms with Gasteiger partial charge in [0.15, 0.2) is 0 Å². The van der Waals surface area contributed by atoms with Crippen LogP contribution in [0.15, 0.2) is 60.9 Å². The van der Waals surface area contributed by atoms with Crippen LogP contribution in [0.2, 0.25) is 10.0 Å². The summed E-state index contributed by atoms with van der Waals surface area (Å²) in [6.45, 7) is 8.20. The van der Waals surface area contributed by atoms with Crippen LogP contribution in [0.3, 0.4) is 0 Å². The first-order chi connectivity index (χ1) is 19.6. The van der Waals surface area contributed by atoms with Gasteiger partial charge in [0, 0.05) is 40.3 Å². The van der Waals surface area contributed by atoms with E-state index in [0.29, 0.717) is 69.8 Å². The van der Waals surface area contributed by atoms with Crippen molar-refractivity contribution in [2.24, 2.45) is 0 Å². The molecule has 0 N–H and O–H groups in total. The van der Waals surface area contributed by atoms with Crippen molar-refractivity contribution in [3.63, 3.8) is 0 Å². The van der Waals surface area contributed by atoms with Gasteiger partial charge in [-0.05, 0) is 44.4 Å². The third-order valence-electron chi connectivity index (χ3n) is 7.29. The molecule has 0 aliphatic carbocycles. The highest BCUT2D eigenvalue weighted by Crippen LogP contribution is 2.41. The number of esters is 1. The number of hydrogen-bond donors (Lipinski definition) is 0. The van der Waals surface area contributed by atoms with Crippen LogP contribution in [0, 0.1) is 6.92 Å². The molecule has 1 fully saturated rings. The molecule has 212 valence electrons. The molecule has 2 aliphatic heterocycles. The van der Waals surface area contributed by atoms with Gasteiger partial charge in [0.05, 0.1) is 34.8 Å². The number of likely N-dealkylation sites (tertiary alicyclic amines) is 1. The molecule has 2 aromatic carbocycles. The van der Waals surface area contributed by atoms with Crippen LogP contribution in [0.1, 0.15) is 57.4 Å². The van der Waals surface area contributed by atoms with Crippen molar-refractivity contribution in [2.75, 3.05) is 13.1 Å². The predicted molar refractivity (Wildman–Crippen MR) is 156 cm³/mol. The van der Waals surface area contributed by atoms with Gasteiger partial charge in [-0.15, -0.1) is 0 Å². The Bertz CT molecular complexity index is 1530. The van der Waals surface area contributed by atoms with E-state index >= 15 is 0 Å². The monoisotopic (exact) mass is 593 g/mol. The summed E-state index contributed by atoms with van der Waals surface area (Å²) in [5.74, 6) is -0.512. The molecule has 10 heteroatoms. The molecule has 2 aliphatic rings. The number of ether oxygens (including phenoxy) is 2. The van der Waals surface area contributed by atoms with Crippen molar-refractivity contribution < 1.29 is 23.9 Å². The lowest BCUT2D eigenvalue weighted by atomic mass is 9.92. The lowest BCUT2D eigenvalue weighted by molar-refractivity contribution is 0.0472. The Morgan fingerprint density at radius 3 is 2.44 bits per heavy atom. The van der Waals surface area contributed by atoms with Gasteiger partial charge in [-0.2, -0.15) is 0 Å². The van der Waals surface area contributed by atoms with Crippen LogP contribution in [-0.2, 0) is 22.6 Å². The minimum absolute atomic E-state index is 0.0659. The first-order valence-corrected chi connectivity index (χ1v) is 14.0. The van der Waals surface area contributed by atoms with Gasteiger partial charge in [0.25, 0.3) is 5.91 Å². The summed E-state index contributed by atoms with van der Waals surface area (Å²) in [7, 11) is 0. The largest absolute Gasteiger partial charge is 0.457 e. The van der Waals surface area contributed by atoms with Crippen LogP contribution < -0.4 is 0 Å². The molecule has 0 saturated carbocycles. The highest BCUT2D eigenvalue weighted by Gasteiger charge is 2.40. The number of benzene rings is 2. The van der Waals surface area contributed by atoms with Gasteiger partial charge in [-0.3, -0.25) is 9.78 Å². The van der Waals surface area contributed by atoms with E-state index in [-0.39, 0.29) is 30.7 Å². The molecule has 0 bridgehead atoms. The third-order valence-corrected chi connectivity index (χ3v) is 7.84. The number of fused-ring (bicyclic) bond motifs is 1. The Morgan fingerprint density at radius 2 is 1.78 bits per heavy atom. The Morgan fingerprint density at radius 1 is 1.07 bits per heavy atom. The maximum atomic E-state index is 14.0. The summed E-state index contributed by atoms with van der Waals surface area (Å²) >= 11 is 12.8. The lowest BCUT2D eigenvalue weighted by Crippen LogP contribution is -2.46. The quantitative estimate of drug-likeness (QED) is 0.230. The standard InChI is InChI=1S/C31H29Cl2N3O5/c1-18(2)41-31(39)35-13-11-22(12-14-35)36-16-25-28(29(36)37)27(23-10-9-21(32)15-24(23)33)26(19(3)34-25)30(38)40-17-20-7-5-4-6-8-20/h4-10,15,22H,1,11-14,16-17H2,2-3H3. The second kappa shape index (κ2) is 11.9. The number of nitrogens with zero attached hydrogens (tertiary/aromatic N) is 3. The molecular weight excluding hydrogens is 565 g/mol. The van der Waals surface area contributed by atoms with Crippen LogP contribution in [0.5, 0.6) is 0 Å². The van der Waals surface area contributed by atoms with Crippen LogP contribution in [0.4, 0.5) is 4.79 Å². The van der Waals surface area contributed by atoms with E-state index in [1.807, 2.05) is 30.3 Å². The summed E-state index contributed by atoms with van der Waals surface area (Å²) in [6, 6.07) is 14.2. The topological polar surface area (TPSA) is 89.0 Å². The van der Waals surface area contributed by atoms with Gasteiger partial charge in [0.1, 0.15) is 6.61 Å². The van der Waals surface area contributed by atoms with E-state index in [4.69, 9.17) is 37.7 Å². The molecule has 1 saturated heterocycles. The number of carbonyl (C=O) groups is 3. The first kappa shape index (κ1) is 28.6. The summed E-state index contributed by atoms with van der Waals surface area (Å²) in [5.41, 5.74) is 3.25. The fourth-order valence-electron chi connectivity index (χ4n) is 5.36. The van der Waals surface area contributed by atoms with Gasteiger partial charge >= 0.3 is 12.1 Å². The average Bonchev–Trinajstić information content (AvgIpc) is 3.27. The second-order valence-electron chi connectivity index (χ2n) is 10.2. The number of pyridine rings is 1. The normalized spacial score (nSPS) is 15.1. The Balaban J connectivity index is 1.48. The third kappa shape index (κ3) is 5.94. The second-order valence-corrected chi connectivity index (χ2v) is 11.0. The van der Waals surface area contributed by atoms with E-state index < -0.39 is 12.1 Å². The minimum Gasteiger partial charge on any atom is -0.457 e. The van der Waals surface area contributed by atoms with E-state index in [1.54, 1.807) is 41.8 Å². The molecular formula is C31H29Cl2N3O5. The number of carbonyl (C=O) groups excluding carboxylic acids is 3. The number of amides is 2. The molecule has 0 spiro atoms. The number of halogens is 2. The molecule has 2 amide bonds. The maximum absolute atomic E-state index is 14.0. The van der Waals surface area contributed by atoms with Crippen molar-refractivity contribution in [3.05, 3.63) is 99.0 Å². The molecule has 3 heterocycles. The SMILES string of the molecule is C=C(C)OC(=O)N1CCC(N2Cc3nc(C)c(C(=O)OCc4ccccc4)c(-c4ccc(Cl)cc4Cl)c3C2=O)CC1. The van der Waals surface area contributed by atoms with Crippen molar-refractivity contribution in [1.82, 2.24) is 14.8 Å². The van der Waals surface area contributed by atoms with E-state index in [2.05, 4.69) is 6.58 Å². The van der Waals surface area contributed by atoms with Crippen molar-refractivity contribution in [2.45, 2.75) is 45.9 Å². The van der Waals surface area contributed by atoms with Crippen LogP contribution in [0.25, 0.3) is 11.1 Å². The minimum atomic E-state index is -0.599. The molecule has 5 rings (SSSR count). The van der Waals surface area contributed by atoms with E-state index in [0.717, 1.165) is 5.56 Å². The Kier molecular flexibility index (Phi) is 8.33. The lowest BCUT2D eigenvalue weighted by Gasteiger charge is -2.36. The van der Waals surface area contributed by atoms with Gasteiger partial charge in [-0.1, -0.05) is 66.2 Å². The summed E-state index contributed by atoms with van der Waals surface area (Å²) in [5, 5.41) is 0.734. The fourth-order valence-corrected chi connectivity index (χ4v) is 5.86.